The third-order valence-electron chi connectivity index (χ3n) is 12.5. The summed E-state index contributed by atoms with van der Waals surface area (Å²) in [5.74, 6) is -3.63. The number of carboxylic acids is 2. The molecule has 24 heteroatoms. The second-order valence-electron chi connectivity index (χ2n) is 19.6. The summed E-state index contributed by atoms with van der Waals surface area (Å²) in [6.07, 6.45) is 20.0. The predicted molar refractivity (Wildman–Crippen MR) is 295 cm³/mol. The number of carboxylic acid groups (broad SMARTS) is 2. The lowest BCUT2D eigenvalue weighted by molar-refractivity contribution is -0.142. The van der Waals surface area contributed by atoms with Crippen LogP contribution in [-0.4, -0.2) is 182 Å². The predicted octanol–water partition coefficient (Wildman–Crippen LogP) is 2.99. The number of amides is 4. The number of hydrogen-bond acceptors (Lipinski definition) is 17. The number of hydrogen-bond donors (Lipinski definition) is 10. The Morgan fingerprint density at radius 3 is 1.66 bits per heavy atom. The van der Waals surface area contributed by atoms with Crippen LogP contribution in [0, 0.1) is 5.92 Å². The van der Waals surface area contributed by atoms with Crippen LogP contribution in [0.1, 0.15) is 169 Å². The molecule has 0 bridgehead atoms. The van der Waals surface area contributed by atoms with E-state index in [-0.39, 0.29) is 134 Å². The number of unbranched alkanes of at least 4 members (excludes halogenated alkanes) is 14. The molecular formula is C53H101N7O16S. The minimum absolute atomic E-state index is 0. The van der Waals surface area contributed by atoms with E-state index in [2.05, 4.69) is 32.1 Å². The Labute approximate surface area is 461 Å². The summed E-state index contributed by atoms with van der Waals surface area (Å²) in [7, 11) is -1.03. The maximum Gasteiger partial charge on any atom is 0.326 e. The fourth-order valence-corrected chi connectivity index (χ4v) is 8.67. The average Bonchev–Trinajstić information content (AvgIpc) is 3.37. The molecule has 0 radical (unpaired) electrons. The topological polar surface area (TPSA) is 349 Å². The summed E-state index contributed by atoms with van der Waals surface area (Å²) in [6.45, 7) is 4.59. The van der Waals surface area contributed by atoms with Gasteiger partial charge in [-0.25, -0.2) is 10.2 Å². The van der Waals surface area contributed by atoms with Crippen LogP contribution in [0.25, 0.3) is 0 Å². The quantitative estimate of drug-likeness (QED) is 0.0309. The van der Waals surface area contributed by atoms with E-state index < -0.39 is 46.8 Å². The summed E-state index contributed by atoms with van der Waals surface area (Å²) in [5, 5.41) is 39.2. The molecule has 0 aromatic rings. The van der Waals surface area contributed by atoms with Crippen molar-refractivity contribution in [1.82, 2.24) is 32.1 Å². The van der Waals surface area contributed by atoms with Crippen LogP contribution in [0.15, 0.2) is 0 Å². The molecule has 0 saturated heterocycles. The first-order valence-electron chi connectivity index (χ1n) is 28.1. The van der Waals surface area contributed by atoms with Crippen LogP contribution >= 0.6 is 0 Å². The number of carbonyl (C=O) groups is 8. The first-order chi connectivity index (χ1) is 37.0. The Morgan fingerprint density at radius 1 is 0.610 bits per heavy atom. The summed E-state index contributed by atoms with van der Waals surface area (Å²) in [4.78, 5) is 95.9. The summed E-state index contributed by atoms with van der Waals surface area (Å²) in [5.41, 5.74) is 10.9. The molecule has 0 aliphatic heterocycles. The molecule has 4 amide bonds. The van der Waals surface area contributed by atoms with E-state index in [9.17, 15) is 52.8 Å². The zero-order valence-corrected chi connectivity index (χ0v) is 47.5. The highest BCUT2D eigenvalue weighted by Crippen LogP contribution is 2.17. The van der Waals surface area contributed by atoms with Crippen molar-refractivity contribution in [3.05, 3.63) is 0 Å². The number of aliphatic hydroxyl groups is 1. The maximum absolute atomic E-state index is 13.2. The van der Waals surface area contributed by atoms with Crippen molar-refractivity contribution >= 4 is 57.9 Å². The smallest absolute Gasteiger partial charge is 0.326 e. The number of aliphatic carboxylic acids is 2. The molecule has 450 valence electrons. The molecule has 77 heavy (non-hydrogen) atoms. The van der Waals surface area contributed by atoms with Gasteiger partial charge in [0.2, 0.25) is 23.6 Å². The maximum atomic E-state index is 13.2. The number of ether oxygens (including phenoxy) is 4. The Kier molecular flexibility index (Phi) is 47.6. The van der Waals surface area contributed by atoms with Gasteiger partial charge in [0, 0.05) is 75.1 Å². The van der Waals surface area contributed by atoms with E-state index >= 15 is 0 Å². The van der Waals surface area contributed by atoms with Gasteiger partial charge in [0.25, 0.3) is 0 Å². The van der Waals surface area contributed by atoms with Gasteiger partial charge in [-0.3, -0.25) is 43.2 Å². The summed E-state index contributed by atoms with van der Waals surface area (Å²) in [6, 6.07) is -2.40. The van der Waals surface area contributed by atoms with E-state index in [0.29, 0.717) is 44.5 Å². The van der Waals surface area contributed by atoms with Crippen LogP contribution in [0.3, 0.4) is 0 Å². The van der Waals surface area contributed by atoms with Gasteiger partial charge in [-0.05, 0) is 51.9 Å². The lowest BCUT2D eigenvalue weighted by Crippen LogP contribution is -2.56. The number of hydrazine groups is 1. The van der Waals surface area contributed by atoms with Gasteiger partial charge in [0.1, 0.15) is 37.7 Å². The molecule has 0 aromatic heterocycles. The van der Waals surface area contributed by atoms with E-state index in [4.69, 9.17) is 29.8 Å². The minimum Gasteiger partial charge on any atom is -0.481 e. The highest BCUT2D eigenvalue weighted by atomic mass is 32.2. The summed E-state index contributed by atoms with van der Waals surface area (Å²) >= 11 is 0. The van der Waals surface area contributed by atoms with Gasteiger partial charge in [0.15, 0.2) is 5.78 Å². The number of nitrogens with one attached hydrogen (secondary N) is 6. The number of carbonyl (C=O) groups excluding carboxylic acids is 6. The van der Waals surface area contributed by atoms with Crippen LogP contribution in [0.5, 0.6) is 0 Å². The molecule has 0 fully saturated rings. The Bertz CT molecular complexity index is 1660. The van der Waals surface area contributed by atoms with Crippen molar-refractivity contribution in [3.8, 4) is 0 Å². The largest absolute Gasteiger partial charge is 0.481 e. The molecule has 11 N–H and O–H groups in total. The van der Waals surface area contributed by atoms with Crippen molar-refractivity contribution in [2.45, 2.75) is 192 Å². The van der Waals surface area contributed by atoms with Crippen LogP contribution in [0.2, 0.25) is 0 Å². The molecule has 6 atom stereocenters. The number of ketones is 2. The molecule has 0 aliphatic carbocycles. The molecule has 0 aliphatic rings. The summed E-state index contributed by atoms with van der Waals surface area (Å²) < 4.78 is 33.1. The first kappa shape index (κ1) is 73.0. The Morgan fingerprint density at radius 2 is 1.14 bits per heavy atom. The van der Waals surface area contributed by atoms with Gasteiger partial charge < -0.3 is 61.3 Å². The van der Waals surface area contributed by atoms with Crippen LogP contribution in [0.4, 0.5) is 0 Å². The molecule has 0 saturated carbocycles. The Balaban J connectivity index is 0. The fourth-order valence-electron chi connectivity index (χ4n) is 8.06. The highest BCUT2D eigenvalue weighted by Gasteiger charge is 2.23. The molecule has 0 rings (SSSR count). The van der Waals surface area contributed by atoms with Gasteiger partial charge in [-0.1, -0.05) is 96.8 Å². The average molecular weight is 1120 g/mol. The molecule has 1 unspecified atom stereocenters. The number of primary amides is 1. The minimum atomic E-state index is -1.21. The monoisotopic (exact) mass is 1120 g/mol. The van der Waals surface area contributed by atoms with E-state index in [1.807, 2.05) is 6.92 Å². The first-order valence-corrected chi connectivity index (χ1v) is 29.8. The van der Waals surface area contributed by atoms with Crippen molar-refractivity contribution in [3.63, 3.8) is 0 Å². The number of rotatable bonds is 57. The van der Waals surface area contributed by atoms with Crippen LogP contribution < -0.4 is 37.9 Å². The Hall–Kier alpha value is -4.01. The molecule has 0 spiro atoms. The van der Waals surface area contributed by atoms with Crippen molar-refractivity contribution in [2.24, 2.45) is 11.7 Å². The van der Waals surface area contributed by atoms with Gasteiger partial charge >= 0.3 is 11.9 Å². The van der Waals surface area contributed by atoms with Gasteiger partial charge in [-0.15, -0.1) is 0 Å². The highest BCUT2D eigenvalue weighted by molar-refractivity contribution is 7.84. The van der Waals surface area contributed by atoms with Crippen LogP contribution in [-0.2, 0) is 68.1 Å². The van der Waals surface area contributed by atoms with Crippen molar-refractivity contribution in [2.75, 3.05) is 91.0 Å². The molecular weight excluding hydrogens is 1020 g/mol. The van der Waals surface area contributed by atoms with Crippen molar-refractivity contribution in [1.29, 1.82) is 0 Å². The van der Waals surface area contributed by atoms with Crippen molar-refractivity contribution < 1.29 is 78.3 Å². The third-order valence-corrected chi connectivity index (χ3v) is 13.3. The second kappa shape index (κ2) is 50.2. The number of Topliss-reactive ketones (excluding diaryl/α,β-unsaturated/α-hetero) is 2. The number of aliphatic hydroxyl groups excluding tert-OH is 1. The lowest BCUT2D eigenvalue weighted by atomic mass is 9.92. The molecule has 0 aromatic carbocycles. The fraction of sp³-hybridized carbons (Fsp3) is 0.849. The third kappa shape index (κ3) is 46.6. The SMILES string of the molecule is CCC[C@@H](CCCCNC(=O)COCCOCCNC(=O)COCCOCC(=O)CC[C@H](NC(=O)CCCCCCCCCCCCCCCCC(=O)O)C(=O)O)C(=O)CN[C@@H](CCS(C)=O)CNN[C@H](C(N)=O)[C@@H](C)O.[HH]. The normalized spacial score (nSPS) is 13.7. The van der Waals surface area contributed by atoms with E-state index in [1.165, 1.54) is 45.4 Å². The zero-order chi connectivity index (χ0) is 57.3. The van der Waals surface area contributed by atoms with E-state index in [0.717, 1.165) is 64.2 Å². The number of nitrogens with two attached hydrogens (primary N) is 1. The van der Waals surface area contributed by atoms with Gasteiger partial charge in [0.05, 0.1) is 45.7 Å². The molecule has 0 heterocycles. The standard InChI is InChI=1S/C53H99N7O16S.H2/c1-4-21-42(46(63)37-57-43(27-35-77(3)72)36-58-60-51(41(2)61)52(54)69)22-19-20-28-55-48(65)39-75-32-31-73-30-29-56-49(66)40-76-34-33-74-38-44(62)25-26-45(53(70)71)59-47(64)23-17-15-13-11-9-7-5-6-8-10-12-14-16-18-24-50(67)68;/h41-43,45,51,57-58,60-61H,4-40H2,1-3H3,(H2,54,69)(H,55,65)(H,56,66)(H,59,64)(H,67,68)(H,70,71);1H/t41-,42+,43+,45+,51+,77?;/m1./s1. The van der Waals surface area contributed by atoms with Gasteiger partial charge in [-0.2, -0.15) is 0 Å². The van der Waals surface area contributed by atoms with E-state index in [1.54, 1.807) is 6.26 Å². The molecule has 23 nitrogen and oxygen atoms in total. The lowest BCUT2D eigenvalue weighted by Gasteiger charge is -2.23. The zero-order valence-electron chi connectivity index (χ0n) is 46.7. The second-order valence-corrected chi connectivity index (χ2v) is 21.1.